The maximum atomic E-state index is 4.42. The second kappa shape index (κ2) is 2.47. The molecule has 0 unspecified atom stereocenters. The van der Waals surface area contributed by atoms with Gasteiger partial charge >= 0.3 is 0 Å². The zero-order valence-electron chi connectivity index (χ0n) is 4.11. The van der Waals surface area contributed by atoms with E-state index in [1.165, 1.54) is 0 Å². The van der Waals surface area contributed by atoms with E-state index in [4.69, 9.17) is 0 Å². The van der Waals surface area contributed by atoms with Crippen LogP contribution in [0.25, 0.3) is 0 Å². The predicted molar refractivity (Wildman–Crippen MR) is 33.7 cm³/mol. The van der Waals surface area contributed by atoms with Crippen molar-refractivity contribution in [3.8, 4) is 0 Å². The number of hydrogen-bond acceptors (Lipinski definition) is 3. The van der Waals surface area contributed by atoms with E-state index in [2.05, 4.69) is 21.8 Å². The molecule has 2 nitrogen and oxygen atoms in total. The summed E-state index contributed by atoms with van der Waals surface area (Å²) in [5, 5.41) is 0. The number of hydrogen-bond donors (Lipinski definition) is 0. The van der Waals surface area contributed by atoms with Crippen LogP contribution in [-0.4, -0.2) is 4.98 Å². The van der Waals surface area contributed by atoms with Gasteiger partial charge in [0.15, 0.2) is 0 Å². The van der Waals surface area contributed by atoms with Crippen molar-refractivity contribution in [3.05, 3.63) is 24.5 Å². The molecule has 0 aromatic carbocycles. The summed E-state index contributed by atoms with van der Waals surface area (Å²) >= 11 is 4.42. The van der Waals surface area contributed by atoms with Crippen molar-refractivity contribution < 1.29 is 0 Å². The zero-order valence-corrected chi connectivity index (χ0v) is 4.93. The molecular weight excluding hydrogens is 120 g/mol. The van der Waals surface area contributed by atoms with Gasteiger partial charge in [-0.3, -0.25) is 4.98 Å². The highest BCUT2D eigenvalue weighted by Gasteiger charge is 1.79. The SMILES string of the molecule is S=Nc1ccncc1. The van der Waals surface area contributed by atoms with Gasteiger partial charge < -0.3 is 0 Å². The summed E-state index contributed by atoms with van der Waals surface area (Å²) < 4.78 is 3.51. The van der Waals surface area contributed by atoms with Gasteiger partial charge in [0.05, 0.1) is 5.69 Å². The first-order chi connectivity index (χ1) is 3.93. The van der Waals surface area contributed by atoms with E-state index in [1.807, 2.05) is 0 Å². The molecule has 1 aromatic rings. The molecule has 0 aliphatic heterocycles. The van der Waals surface area contributed by atoms with Crippen molar-refractivity contribution in [1.82, 2.24) is 4.98 Å². The Bertz CT molecular complexity index is 173. The first-order valence-electron chi connectivity index (χ1n) is 2.17. The Kier molecular flexibility index (Phi) is 1.64. The lowest BCUT2D eigenvalue weighted by atomic mass is 10.4. The van der Waals surface area contributed by atoms with Crippen molar-refractivity contribution in [2.75, 3.05) is 0 Å². The smallest absolute Gasteiger partial charge is 0.0799 e. The van der Waals surface area contributed by atoms with Crippen LogP contribution in [0.1, 0.15) is 0 Å². The molecular formula is C5H4N2S. The van der Waals surface area contributed by atoms with Crippen molar-refractivity contribution >= 4 is 18.1 Å². The van der Waals surface area contributed by atoms with Crippen LogP contribution in [0.3, 0.4) is 0 Å². The molecule has 0 aliphatic carbocycles. The zero-order chi connectivity index (χ0) is 5.82. The van der Waals surface area contributed by atoms with Gasteiger partial charge in [0.2, 0.25) is 0 Å². The maximum Gasteiger partial charge on any atom is 0.0799 e. The molecule has 0 spiro atoms. The van der Waals surface area contributed by atoms with Crippen LogP contribution in [0.4, 0.5) is 5.69 Å². The second-order valence-corrected chi connectivity index (χ2v) is 1.48. The molecule has 0 saturated carbocycles. The van der Waals surface area contributed by atoms with E-state index >= 15 is 0 Å². The lowest BCUT2D eigenvalue weighted by Gasteiger charge is -1.82. The van der Waals surface area contributed by atoms with Gasteiger partial charge in [0.25, 0.3) is 0 Å². The normalized spacial score (nSPS) is 8.50. The van der Waals surface area contributed by atoms with E-state index in [9.17, 15) is 0 Å². The quantitative estimate of drug-likeness (QED) is 0.566. The first-order valence-corrected chi connectivity index (χ1v) is 2.53. The lowest BCUT2D eigenvalue weighted by Crippen LogP contribution is -1.63. The minimum absolute atomic E-state index is 0.787. The lowest BCUT2D eigenvalue weighted by molar-refractivity contribution is 1.32. The fourth-order valence-corrected chi connectivity index (χ4v) is 0.527. The Hall–Kier alpha value is -0.830. The highest BCUT2D eigenvalue weighted by molar-refractivity contribution is 7.47. The Balaban J connectivity index is 2.99. The molecule has 0 saturated heterocycles. The summed E-state index contributed by atoms with van der Waals surface area (Å²) in [6.07, 6.45) is 3.32. The fourth-order valence-electron chi connectivity index (χ4n) is 0.405. The monoisotopic (exact) mass is 124 g/mol. The molecule has 8 heavy (non-hydrogen) atoms. The van der Waals surface area contributed by atoms with Crippen LogP contribution >= 0.6 is 0 Å². The summed E-state index contributed by atoms with van der Waals surface area (Å²) in [5.74, 6) is 0. The van der Waals surface area contributed by atoms with Crippen LogP contribution in [0.2, 0.25) is 0 Å². The summed E-state index contributed by atoms with van der Waals surface area (Å²) in [6.45, 7) is 0. The van der Waals surface area contributed by atoms with Gasteiger partial charge in [-0.2, -0.15) is 4.36 Å². The summed E-state index contributed by atoms with van der Waals surface area (Å²) in [6, 6.07) is 3.51. The predicted octanol–water partition coefficient (Wildman–Crippen LogP) is 1.44. The third-order valence-corrected chi connectivity index (χ3v) is 0.979. The summed E-state index contributed by atoms with van der Waals surface area (Å²) in [4.78, 5) is 3.79. The Morgan fingerprint density at radius 3 is 2.38 bits per heavy atom. The third-order valence-electron chi connectivity index (χ3n) is 0.768. The number of pyridine rings is 1. The average Bonchev–Trinajstić information content (AvgIpc) is 1.90. The van der Waals surface area contributed by atoms with Gasteiger partial charge in [-0.1, -0.05) is 0 Å². The van der Waals surface area contributed by atoms with Gasteiger partial charge in [0.1, 0.15) is 0 Å². The minimum atomic E-state index is 0.787. The van der Waals surface area contributed by atoms with E-state index in [0.717, 1.165) is 5.69 Å². The molecule has 0 bridgehead atoms. The highest BCUT2D eigenvalue weighted by Crippen LogP contribution is 2.05. The van der Waals surface area contributed by atoms with Crippen molar-refractivity contribution in [1.29, 1.82) is 0 Å². The largest absolute Gasteiger partial charge is 0.265 e. The Morgan fingerprint density at radius 1 is 1.38 bits per heavy atom. The van der Waals surface area contributed by atoms with Crippen molar-refractivity contribution in [2.24, 2.45) is 4.36 Å². The molecule has 1 rings (SSSR count). The van der Waals surface area contributed by atoms with E-state index in [1.54, 1.807) is 24.5 Å². The molecule has 0 amide bonds. The van der Waals surface area contributed by atoms with Gasteiger partial charge in [-0.05, 0) is 12.1 Å². The minimum Gasteiger partial charge on any atom is -0.265 e. The number of rotatable bonds is 1. The molecule has 0 radical (unpaired) electrons. The van der Waals surface area contributed by atoms with E-state index in [-0.39, 0.29) is 0 Å². The summed E-state index contributed by atoms with van der Waals surface area (Å²) in [5.41, 5.74) is 0.787. The van der Waals surface area contributed by atoms with E-state index < -0.39 is 0 Å². The number of aromatic nitrogens is 1. The summed E-state index contributed by atoms with van der Waals surface area (Å²) in [7, 11) is 0. The maximum absolute atomic E-state index is 4.42. The molecule has 1 aromatic heterocycles. The molecule has 0 atom stereocenters. The van der Waals surface area contributed by atoms with Gasteiger partial charge in [-0.25, -0.2) is 0 Å². The van der Waals surface area contributed by atoms with E-state index in [0.29, 0.717) is 0 Å². The van der Waals surface area contributed by atoms with Crippen LogP contribution in [0, 0.1) is 0 Å². The van der Waals surface area contributed by atoms with Crippen molar-refractivity contribution in [3.63, 3.8) is 0 Å². The second-order valence-electron chi connectivity index (χ2n) is 1.30. The van der Waals surface area contributed by atoms with Crippen LogP contribution in [-0.2, 0) is 12.4 Å². The Labute approximate surface area is 52.7 Å². The van der Waals surface area contributed by atoms with Crippen LogP contribution < -0.4 is 0 Å². The standard InChI is InChI=1S/C5H4N2S/c8-7-5-1-3-6-4-2-5/h1-4H. The molecule has 40 valence electrons. The van der Waals surface area contributed by atoms with Crippen LogP contribution in [0.15, 0.2) is 28.9 Å². The first kappa shape index (κ1) is 5.31. The van der Waals surface area contributed by atoms with Crippen LogP contribution in [0.5, 0.6) is 0 Å². The third kappa shape index (κ3) is 1.07. The Morgan fingerprint density at radius 2 is 2.00 bits per heavy atom. The average molecular weight is 124 g/mol. The number of nitrogens with zero attached hydrogens (tertiary/aromatic N) is 2. The topological polar surface area (TPSA) is 25.2 Å². The van der Waals surface area contributed by atoms with Gasteiger partial charge in [-0.15, -0.1) is 0 Å². The highest BCUT2D eigenvalue weighted by atomic mass is 32.1. The van der Waals surface area contributed by atoms with Crippen molar-refractivity contribution in [2.45, 2.75) is 0 Å². The molecule has 3 heteroatoms. The molecule has 0 N–H and O–H groups in total. The van der Waals surface area contributed by atoms with Gasteiger partial charge in [0, 0.05) is 24.8 Å². The molecule has 0 aliphatic rings. The molecule has 1 heterocycles. The fraction of sp³-hybridized carbons (Fsp3) is 0. The molecule has 0 fully saturated rings.